The summed E-state index contributed by atoms with van der Waals surface area (Å²) in [5.74, 6) is 0.177. The fourth-order valence-electron chi connectivity index (χ4n) is 2.08. The third-order valence-electron chi connectivity index (χ3n) is 3.52. The summed E-state index contributed by atoms with van der Waals surface area (Å²) in [6.45, 7) is 1.91. The van der Waals surface area contributed by atoms with Crippen LogP contribution in [0.4, 0.5) is 5.69 Å². The summed E-state index contributed by atoms with van der Waals surface area (Å²) in [5, 5.41) is 15.0. The molecule has 1 amide bonds. The van der Waals surface area contributed by atoms with Crippen molar-refractivity contribution in [2.24, 2.45) is 0 Å². The number of anilines is 1. The van der Waals surface area contributed by atoms with Crippen molar-refractivity contribution in [3.8, 4) is 6.07 Å². The number of rotatable bonds is 4. The Bertz CT molecular complexity index is 781. The van der Waals surface area contributed by atoms with Crippen LogP contribution in [0, 0.1) is 18.3 Å². The fraction of sp³-hybridized carbons (Fsp3) is 0.235. The first-order valence-electron chi connectivity index (χ1n) is 7.11. The SMILES string of the molecule is Cc1ccccc1NC(=O)/C(C#N)=C\c1csc(C2CC2)n1. The van der Waals surface area contributed by atoms with Crippen molar-refractivity contribution in [1.82, 2.24) is 4.98 Å². The summed E-state index contributed by atoms with van der Waals surface area (Å²) in [4.78, 5) is 16.7. The molecular weight excluding hydrogens is 294 g/mol. The quantitative estimate of drug-likeness (QED) is 0.688. The van der Waals surface area contributed by atoms with Crippen LogP contribution in [0.15, 0.2) is 35.2 Å². The Kier molecular flexibility index (Phi) is 4.03. The average molecular weight is 309 g/mol. The van der Waals surface area contributed by atoms with Gasteiger partial charge in [-0.3, -0.25) is 4.79 Å². The van der Waals surface area contributed by atoms with Gasteiger partial charge in [-0.1, -0.05) is 18.2 Å². The van der Waals surface area contributed by atoms with Gasteiger partial charge >= 0.3 is 0 Å². The highest BCUT2D eigenvalue weighted by molar-refractivity contribution is 7.09. The van der Waals surface area contributed by atoms with E-state index < -0.39 is 5.91 Å². The minimum absolute atomic E-state index is 0.0656. The number of benzene rings is 1. The number of amides is 1. The summed E-state index contributed by atoms with van der Waals surface area (Å²) < 4.78 is 0. The molecule has 2 aromatic rings. The minimum Gasteiger partial charge on any atom is -0.321 e. The van der Waals surface area contributed by atoms with E-state index >= 15 is 0 Å². The second-order valence-corrected chi connectivity index (χ2v) is 6.21. The number of carbonyl (C=O) groups excluding carboxylic acids is 1. The van der Waals surface area contributed by atoms with E-state index in [0.29, 0.717) is 17.3 Å². The number of nitrogens with zero attached hydrogens (tertiary/aromatic N) is 2. The number of aromatic nitrogens is 1. The maximum absolute atomic E-state index is 12.2. The van der Waals surface area contributed by atoms with Gasteiger partial charge in [0.1, 0.15) is 11.6 Å². The lowest BCUT2D eigenvalue weighted by Gasteiger charge is -2.06. The van der Waals surface area contributed by atoms with Gasteiger partial charge in [-0.2, -0.15) is 5.26 Å². The van der Waals surface area contributed by atoms with Crippen LogP contribution in [0.2, 0.25) is 0 Å². The van der Waals surface area contributed by atoms with Crippen molar-refractivity contribution in [2.45, 2.75) is 25.7 Å². The van der Waals surface area contributed by atoms with Gasteiger partial charge in [-0.05, 0) is 37.5 Å². The molecule has 0 radical (unpaired) electrons. The second kappa shape index (κ2) is 6.12. The third-order valence-corrected chi connectivity index (χ3v) is 4.54. The van der Waals surface area contributed by atoms with Crippen LogP contribution in [0.1, 0.15) is 35.0 Å². The van der Waals surface area contributed by atoms with Crippen LogP contribution in [0.3, 0.4) is 0 Å². The number of aryl methyl sites for hydroxylation is 1. The van der Waals surface area contributed by atoms with Crippen molar-refractivity contribution >= 4 is 29.0 Å². The zero-order chi connectivity index (χ0) is 15.5. The standard InChI is InChI=1S/C17H15N3OS/c1-11-4-2-3-5-15(11)20-16(21)13(9-18)8-14-10-22-17(19-14)12-6-7-12/h2-5,8,10,12H,6-7H2,1H3,(H,20,21)/b13-8-. The van der Waals surface area contributed by atoms with Crippen molar-refractivity contribution in [3.63, 3.8) is 0 Å². The average Bonchev–Trinajstić information content (AvgIpc) is 3.26. The number of nitrogens with one attached hydrogen (secondary N) is 1. The number of carbonyl (C=O) groups is 1. The Morgan fingerprint density at radius 2 is 2.23 bits per heavy atom. The molecule has 1 aromatic heterocycles. The molecule has 3 rings (SSSR count). The molecule has 0 saturated heterocycles. The Morgan fingerprint density at radius 1 is 1.45 bits per heavy atom. The van der Waals surface area contributed by atoms with Crippen LogP contribution in [0.25, 0.3) is 6.08 Å². The van der Waals surface area contributed by atoms with Gasteiger partial charge in [-0.25, -0.2) is 4.98 Å². The van der Waals surface area contributed by atoms with Gasteiger partial charge in [0.2, 0.25) is 0 Å². The van der Waals surface area contributed by atoms with E-state index in [2.05, 4.69) is 10.3 Å². The third kappa shape index (κ3) is 3.23. The molecule has 0 atom stereocenters. The highest BCUT2D eigenvalue weighted by Crippen LogP contribution is 2.41. The second-order valence-electron chi connectivity index (χ2n) is 5.32. The lowest BCUT2D eigenvalue weighted by molar-refractivity contribution is -0.112. The molecule has 1 aliphatic carbocycles. The van der Waals surface area contributed by atoms with Crippen LogP contribution < -0.4 is 5.32 Å². The fourth-order valence-corrected chi connectivity index (χ4v) is 3.03. The van der Waals surface area contributed by atoms with Gasteiger partial charge in [0.15, 0.2) is 0 Å². The largest absolute Gasteiger partial charge is 0.321 e. The Morgan fingerprint density at radius 3 is 2.91 bits per heavy atom. The molecule has 1 fully saturated rings. The lowest BCUT2D eigenvalue weighted by atomic mass is 10.2. The van der Waals surface area contributed by atoms with Crippen LogP contribution in [-0.4, -0.2) is 10.9 Å². The maximum atomic E-state index is 12.2. The van der Waals surface area contributed by atoms with Gasteiger partial charge in [0.05, 0.1) is 10.7 Å². The number of para-hydroxylation sites is 1. The number of thiazole rings is 1. The predicted octanol–water partition coefficient (Wildman–Crippen LogP) is 3.87. The van der Waals surface area contributed by atoms with E-state index in [4.69, 9.17) is 0 Å². The molecule has 1 aromatic carbocycles. The van der Waals surface area contributed by atoms with E-state index in [1.54, 1.807) is 17.4 Å². The smallest absolute Gasteiger partial charge is 0.266 e. The lowest BCUT2D eigenvalue weighted by Crippen LogP contribution is -2.14. The Balaban J connectivity index is 1.77. The number of nitriles is 1. The molecule has 4 nitrogen and oxygen atoms in total. The van der Waals surface area contributed by atoms with Gasteiger partial charge in [0.25, 0.3) is 5.91 Å². The van der Waals surface area contributed by atoms with Crippen molar-refractivity contribution in [1.29, 1.82) is 5.26 Å². The zero-order valence-corrected chi connectivity index (χ0v) is 13.0. The first kappa shape index (κ1) is 14.5. The summed E-state index contributed by atoms with van der Waals surface area (Å²) >= 11 is 1.59. The van der Waals surface area contributed by atoms with E-state index in [0.717, 1.165) is 10.6 Å². The Hall–Kier alpha value is -2.45. The maximum Gasteiger partial charge on any atom is 0.266 e. The van der Waals surface area contributed by atoms with E-state index in [1.807, 2.05) is 42.6 Å². The van der Waals surface area contributed by atoms with Crippen LogP contribution in [-0.2, 0) is 4.79 Å². The molecule has 22 heavy (non-hydrogen) atoms. The molecule has 110 valence electrons. The summed E-state index contributed by atoms with van der Waals surface area (Å²) in [7, 11) is 0. The number of hydrogen-bond donors (Lipinski definition) is 1. The molecule has 1 heterocycles. The molecule has 0 spiro atoms. The van der Waals surface area contributed by atoms with Crippen molar-refractivity contribution in [2.75, 3.05) is 5.32 Å². The predicted molar refractivity (Wildman–Crippen MR) is 87.5 cm³/mol. The zero-order valence-electron chi connectivity index (χ0n) is 12.2. The first-order chi connectivity index (χ1) is 10.7. The molecule has 1 aliphatic rings. The highest BCUT2D eigenvalue weighted by Gasteiger charge is 2.26. The molecule has 0 aliphatic heterocycles. The summed E-state index contributed by atoms with van der Waals surface area (Å²) in [5.41, 5.74) is 2.42. The van der Waals surface area contributed by atoms with E-state index in [-0.39, 0.29) is 5.57 Å². The molecular formula is C17H15N3OS. The number of hydrogen-bond acceptors (Lipinski definition) is 4. The molecule has 1 N–H and O–H groups in total. The van der Waals surface area contributed by atoms with Gasteiger partial charge in [-0.15, -0.1) is 11.3 Å². The molecule has 0 bridgehead atoms. The summed E-state index contributed by atoms with van der Waals surface area (Å²) in [6.07, 6.45) is 3.93. The summed E-state index contributed by atoms with van der Waals surface area (Å²) in [6, 6.07) is 9.44. The van der Waals surface area contributed by atoms with Gasteiger partial charge < -0.3 is 5.32 Å². The topological polar surface area (TPSA) is 65.8 Å². The van der Waals surface area contributed by atoms with Gasteiger partial charge in [0, 0.05) is 17.0 Å². The van der Waals surface area contributed by atoms with E-state index in [9.17, 15) is 10.1 Å². The molecule has 5 heteroatoms. The first-order valence-corrected chi connectivity index (χ1v) is 7.99. The van der Waals surface area contributed by atoms with Crippen molar-refractivity contribution < 1.29 is 4.79 Å². The van der Waals surface area contributed by atoms with Crippen molar-refractivity contribution in [3.05, 3.63) is 51.5 Å². The minimum atomic E-state index is -0.405. The Labute approximate surface area is 133 Å². The molecule has 1 saturated carbocycles. The normalized spacial score (nSPS) is 14.5. The van der Waals surface area contributed by atoms with E-state index in [1.165, 1.54) is 12.8 Å². The monoisotopic (exact) mass is 309 g/mol. The molecule has 0 unspecified atom stereocenters. The van der Waals surface area contributed by atoms with Crippen LogP contribution >= 0.6 is 11.3 Å². The highest BCUT2D eigenvalue weighted by atomic mass is 32.1. The van der Waals surface area contributed by atoms with Crippen LogP contribution in [0.5, 0.6) is 0 Å².